The Morgan fingerprint density at radius 1 is 0.248 bits per heavy atom. The molecule has 0 amide bonds. The third-order valence-electron chi connectivity index (χ3n) is 19.1. The first-order valence-corrected chi connectivity index (χ1v) is 45.2. The molecule has 0 heterocycles. The zero-order valence-corrected chi connectivity index (χ0v) is 68.3. The van der Waals surface area contributed by atoms with Crippen LogP contribution in [0.2, 0.25) is 0 Å². The van der Waals surface area contributed by atoms with Crippen LogP contribution in [0, 0.1) is 23.7 Å². The lowest BCUT2D eigenvalue weighted by Crippen LogP contribution is -2.30. The van der Waals surface area contributed by atoms with E-state index in [1.165, 1.54) is 218 Å². The lowest BCUT2D eigenvalue weighted by atomic mass is 10.0. The van der Waals surface area contributed by atoms with Crippen molar-refractivity contribution in [2.24, 2.45) is 23.7 Å². The predicted octanol–water partition coefficient (Wildman–Crippen LogP) is 24.4. The van der Waals surface area contributed by atoms with E-state index in [9.17, 15) is 43.2 Å². The highest BCUT2D eigenvalue weighted by Gasteiger charge is 2.30. The molecule has 0 aromatic rings. The van der Waals surface area contributed by atoms with E-state index >= 15 is 0 Å². The molecule has 0 bridgehead atoms. The molecule has 5 atom stereocenters. The van der Waals surface area contributed by atoms with Crippen LogP contribution in [0.15, 0.2) is 0 Å². The molecule has 0 saturated carbocycles. The summed E-state index contributed by atoms with van der Waals surface area (Å²) in [5, 5.41) is 10.6. The number of rotatable bonds is 79. The molecule has 0 rings (SSSR count). The summed E-state index contributed by atoms with van der Waals surface area (Å²) < 4.78 is 68.6. The number of hydrogen-bond acceptors (Lipinski definition) is 15. The largest absolute Gasteiger partial charge is 0.472 e. The van der Waals surface area contributed by atoms with Crippen molar-refractivity contribution in [3.05, 3.63) is 0 Å². The second-order valence-corrected chi connectivity index (χ2v) is 34.3. The summed E-state index contributed by atoms with van der Waals surface area (Å²) in [5.74, 6) is 0.900. The van der Waals surface area contributed by atoms with Gasteiger partial charge in [0, 0.05) is 25.7 Å². The first kappa shape index (κ1) is 99.1. The Labute approximate surface area is 619 Å². The smallest absolute Gasteiger partial charge is 0.462 e. The molecule has 19 heteroatoms. The van der Waals surface area contributed by atoms with Gasteiger partial charge < -0.3 is 33.8 Å². The molecule has 17 nitrogen and oxygen atoms in total. The molecule has 0 spiro atoms. The van der Waals surface area contributed by atoms with Gasteiger partial charge in [0.15, 0.2) is 12.2 Å². The van der Waals surface area contributed by atoms with Gasteiger partial charge in [0.25, 0.3) is 0 Å². The van der Waals surface area contributed by atoms with Crippen molar-refractivity contribution in [1.29, 1.82) is 0 Å². The summed E-state index contributed by atoms with van der Waals surface area (Å²) in [5.41, 5.74) is 0. The minimum Gasteiger partial charge on any atom is -0.462 e. The molecular weight excluding hydrogens is 1320 g/mol. The average Bonchev–Trinajstić information content (AvgIpc) is 0.948. The highest BCUT2D eigenvalue weighted by molar-refractivity contribution is 7.47. The van der Waals surface area contributed by atoms with E-state index in [0.717, 1.165) is 108 Å². The number of ether oxygens (including phenoxy) is 4. The predicted molar refractivity (Wildman–Crippen MR) is 414 cm³/mol. The van der Waals surface area contributed by atoms with Crippen molar-refractivity contribution in [2.45, 2.75) is 440 Å². The van der Waals surface area contributed by atoms with E-state index in [2.05, 4.69) is 55.4 Å². The number of carbonyl (C=O) groups excluding carboxylic acids is 4. The molecule has 0 aliphatic rings. The van der Waals surface area contributed by atoms with Gasteiger partial charge in [-0.05, 0) is 49.4 Å². The van der Waals surface area contributed by atoms with Crippen LogP contribution < -0.4 is 0 Å². The topological polar surface area (TPSA) is 237 Å². The molecule has 0 radical (unpaired) electrons. The number of unbranched alkanes of at least 4 members (excludes halogenated alkanes) is 45. The first-order valence-electron chi connectivity index (χ1n) is 42.2. The van der Waals surface area contributed by atoms with Crippen molar-refractivity contribution in [3.63, 3.8) is 0 Å². The van der Waals surface area contributed by atoms with Gasteiger partial charge >= 0.3 is 39.5 Å². The number of hydrogen-bond donors (Lipinski definition) is 3. The van der Waals surface area contributed by atoms with Gasteiger partial charge in [-0.1, -0.05) is 370 Å². The van der Waals surface area contributed by atoms with Crippen LogP contribution in [-0.4, -0.2) is 96.7 Å². The molecule has 3 N–H and O–H groups in total. The molecule has 0 fully saturated rings. The van der Waals surface area contributed by atoms with Crippen LogP contribution in [-0.2, 0) is 65.4 Å². The van der Waals surface area contributed by atoms with Crippen molar-refractivity contribution in [1.82, 2.24) is 0 Å². The van der Waals surface area contributed by atoms with Gasteiger partial charge in [0.2, 0.25) is 0 Å². The normalized spacial score (nSPS) is 14.0. The van der Waals surface area contributed by atoms with Crippen LogP contribution in [0.1, 0.15) is 421 Å². The Morgan fingerprint density at radius 2 is 0.416 bits per heavy atom. The number of esters is 4. The fraction of sp³-hybridized carbons (Fsp3) is 0.951. The molecule has 0 aliphatic carbocycles. The molecule has 0 aliphatic heterocycles. The van der Waals surface area contributed by atoms with Crippen molar-refractivity contribution in [3.8, 4) is 0 Å². The van der Waals surface area contributed by atoms with Gasteiger partial charge in [0.05, 0.1) is 26.4 Å². The Morgan fingerprint density at radius 3 is 0.614 bits per heavy atom. The van der Waals surface area contributed by atoms with Gasteiger partial charge in [-0.15, -0.1) is 0 Å². The van der Waals surface area contributed by atoms with Crippen LogP contribution in [0.5, 0.6) is 0 Å². The summed E-state index contributed by atoms with van der Waals surface area (Å²) in [6, 6.07) is 0. The number of aliphatic hydroxyl groups excluding tert-OH is 1. The zero-order chi connectivity index (χ0) is 74.6. The van der Waals surface area contributed by atoms with Crippen molar-refractivity contribution < 1.29 is 80.2 Å². The van der Waals surface area contributed by atoms with Gasteiger partial charge in [-0.25, -0.2) is 9.13 Å². The lowest BCUT2D eigenvalue weighted by Gasteiger charge is -2.21. The third kappa shape index (κ3) is 76.1. The average molecular weight is 1480 g/mol. The Kier molecular flexibility index (Phi) is 69.6. The molecule has 2 unspecified atom stereocenters. The minimum atomic E-state index is -4.96. The fourth-order valence-electron chi connectivity index (χ4n) is 12.6. The highest BCUT2D eigenvalue weighted by atomic mass is 31.2. The molecular formula is C82H160O17P2. The van der Waals surface area contributed by atoms with E-state index in [4.69, 9.17) is 37.0 Å². The maximum absolute atomic E-state index is 13.1. The van der Waals surface area contributed by atoms with E-state index in [0.29, 0.717) is 37.5 Å². The second kappa shape index (κ2) is 71.0. The second-order valence-electron chi connectivity index (χ2n) is 31.4. The summed E-state index contributed by atoms with van der Waals surface area (Å²) in [4.78, 5) is 72.9. The lowest BCUT2D eigenvalue weighted by molar-refractivity contribution is -0.161. The Hall–Kier alpha value is -1.94. The van der Waals surface area contributed by atoms with Crippen LogP contribution >= 0.6 is 15.6 Å². The molecule has 600 valence electrons. The van der Waals surface area contributed by atoms with Crippen LogP contribution in [0.25, 0.3) is 0 Å². The summed E-state index contributed by atoms with van der Waals surface area (Å²) in [6.07, 6.45) is 58.8. The molecule has 0 aromatic carbocycles. The van der Waals surface area contributed by atoms with E-state index in [-0.39, 0.29) is 25.7 Å². The Bertz CT molecular complexity index is 1970. The number of phosphoric acid groups is 2. The maximum Gasteiger partial charge on any atom is 0.472 e. The fourth-order valence-corrected chi connectivity index (χ4v) is 14.2. The first-order chi connectivity index (χ1) is 48.6. The van der Waals surface area contributed by atoms with Crippen LogP contribution in [0.4, 0.5) is 0 Å². The van der Waals surface area contributed by atoms with E-state index < -0.39 is 97.5 Å². The van der Waals surface area contributed by atoms with E-state index in [1.807, 2.05) is 0 Å². The highest BCUT2D eigenvalue weighted by Crippen LogP contribution is 2.45. The summed E-state index contributed by atoms with van der Waals surface area (Å²) in [6.45, 7) is 14.2. The van der Waals surface area contributed by atoms with Gasteiger partial charge in [-0.2, -0.15) is 0 Å². The Balaban J connectivity index is 5.17. The minimum absolute atomic E-state index is 0.102. The summed E-state index contributed by atoms with van der Waals surface area (Å²) in [7, 11) is -9.92. The van der Waals surface area contributed by atoms with Crippen LogP contribution in [0.3, 0.4) is 0 Å². The quantitative estimate of drug-likeness (QED) is 0.0222. The maximum atomic E-state index is 13.1. The molecule has 0 saturated heterocycles. The molecule has 0 aromatic heterocycles. The van der Waals surface area contributed by atoms with Crippen molar-refractivity contribution >= 4 is 39.5 Å². The summed E-state index contributed by atoms with van der Waals surface area (Å²) >= 11 is 0. The molecule has 101 heavy (non-hydrogen) atoms. The zero-order valence-electron chi connectivity index (χ0n) is 66.5. The number of aliphatic hydroxyl groups is 1. The SMILES string of the molecule is CC(C)CCCCCCCCCCCCCCCCCCCCC(=O)OC[C@H](COP(=O)(O)OC[C@@H](O)COP(=O)(O)OC[C@@H](COC(=O)CCCCCCCCC(C)C)OC(=O)CCCCCCCCCC(C)C)OC(=O)CCCCCCCCCCCCCCCCCCCCC(C)C. The van der Waals surface area contributed by atoms with E-state index in [1.54, 1.807) is 0 Å². The van der Waals surface area contributed by atoms with Crippen molar-refractivity contribution in [2.75, 3.05) is 39.6 Å². The standard InChI is InChI=1S/C82H160O17P2/c1-72(2)58-50-42-34-29-25-21-17-13-9-11-15-19-23-27-31-37-46-54-62-79(84)92-68-77(98-81(86)64-56-48-38-32-28-24-20-16-12-10-14-18-22-26-30-35-43-51-59-73(3)4)70-96-100(88,89)94-66-76(83)67-95-101(90,91)97-71-78(69-93-80(85)63-55-47-41-40-45-53-61-75(7)8)99-82(87)65-57-49-39-33-36-44-52-60-74(5)6/h72-78,83H,9-71H2,1-8H3,(H,88,89)(H,90,91)/t76-,77-,78-/m1/s1. The number of phosphoric ester groups is 2. The van der Waals surface area contributed by atoms with Gasteiger partial charge in [-0.3, -0.25) is 37.3 Å². The third-order valence-corrected chi connectivity index (χ3v) is 21.0. The monoisotopic (exact) mass is 1480 g/mol. The van der Waals surface area contributed by atoms with Gasteiger partial charge in [0.1, 0.15) is 19.3 Å². The number of carbonyl (C=O) groups is 4.